The maximum Gasteiger partial charge on any atom is 0.251 e. The molecule has 0 bridgehead atoms. The fourth-order valence-corrected chi connectivity index (χ4v) is 2.37. The Bertz CT molecular complexity index is 648. The molecule has 114 valence electrons. The minimum absolute atomic E-state index is 0.0229. The van der Waals surface area contributed by atoms with Crippen LogP contribution < -0.4 is 10.1 Å². The first-order valence-corrected chi connectivity index (χ1v) is 7.90. The van der Waals surface area contributed by atoms with E-state index in [1.54, 1.807) is 12.1 Å². The van der Waals surface area contributed by atoms with Gasteiger partial charge in [0.05, 0.1) is 11.5 Å². The van der Waals surface area contributed by atoms with E-state index in [0.29, 0.717) is 21.6 Å². The third kappa shape index (κ3) is 3.79. The van der Waals surface area contributed by atoms with E-state index in [9.17, 15) is 4.79 Å². The third-order valence-electron chi connectivity index (χ3n) is 3.18. The molecule has 21 heavy (non-hydrogen) atoms. The molecule has 2 aromatic rings. The highest BCUT2D eigenvalue weighted by Gasteiger charge is 2.16. The first kappa shape index (κ1) is 15.9. The van der Waals surface area contributed by atoms with Crippen molar-refractivity contribution >= 4 is 32.8 Å². The number of nitrogens with one attached hydrogen (secondary N) is 1. The predicted molar refractivity (Wildman–Crippen MR) is 86.9 cm³/mol. The van der Waals surface area contributed by atoms with E-state index in [1.807, 2.05) is 33.8 Å². The molecule has 1 atom stereocenters. The fraction of sp³-hybridized carbons (Fsp3) is 0.438. The Morgan fingerprint density at radius 1 is 1.33 bits per heavy atom. The van der Waals surface area contributed by atoms with Crippen molar-refractivity contribution in [2.75, 3.05) is 0 Å². The number of carbonyl (C=O) groups excluding carboxylic acids is 1. The summed E-state index contributed by atoms with van der Waals surface area (Å²) in [6, 6.07) is 5.49. The summed E-state index contributed by atoms with van der Waals surface area (Å²) in [5.74, 6) is 0.540. The lowest BCUT2D eigenvalue weighted by Gasteiger charge is -2.14. The Labute approximate surface area is 133 Å². The van der Waals surface area contributed by atoms with Crippen LogP contribution in [0.5, 0.6) is 5.75 Å². The zero-order valence-electron chi connectivity index (χ0n) is 12.7. The van der Waals surface area contributed by atoms with Gasteiger partial charge in [-0.3, -0.25) is 4.79 Å². The van der Waals surface area contributed by atoms with Gasteiger partial charge in [-0.05, 0) is 55.3 Å². The maximum absolute atomic E-state index is 12.3. The number of amides is 1. The van der Waals surface area contributed by atoms with Crippen molar-refractivity contribution < 1.29 is 13.9 Å². The largest absolute Gasteiger partial charge is 0.490 e. The zero-order valence-corrected chi connectivity index (χ0v) is 14.3. The smallest absolute Gasteiger partial charge is 0.251 e. The van der Waals surface area contributed by atoms with Crippen molar-refractivity contribution in [2.24, 2.45) is 0 Å². The number of carbonyl (C=O) groups is 1. The molecule has 1 aromatic heterocycles. The van der Waals surface area contributed by atoms with Crippen LogP contribution in [0.3, 0.4) is 0 Å². The zero-order chi connectivity index (χ0) is 15.6. The fourth-order valence-electron chi connectivity index (χ4n) is 1.97. The van der Waals surface area contributed by atoms with Crippen LogP contribution in [0.1, 0.15) is 44.5 Å². The van der Waals surface area contributed by atoms with E-state index >= 15 is 0 Å². The SMILES string of the molecule is CCC(C)NC(=O)c1cc(OC(C)C)c2cc(Br)oc2c1. The van der Waals surface area contributed by atoms with Gasteiger partial charge in [-0.1, -0.05) is 6.92 Å². The van der Waals surface area contributed by atoms with Crippen LogP contribution in [0.15, 0.2) is 27.3 Å². The minimum atomic E-state index is -0.118. The first-order chi connectivity index (χ1) is 9.90. The van der Waals surface area contributed by atoms with Crippen LogP contribution in [0.25, 0.3) is 11.0 Å². The average molecular weight is 354 g/mol. The third-order valence-corrected chi connectivity index (χ3v) is 3.57. The molecule has 2 rings (SSSR count). The lowest BCUT2D eigenvalue weighted by Crippen LogP contribution is -2.31. The van der Waals surface area contributed by atoms with Gasteiger partial charge in [0.2, 0.25) is 0 Å². The van der Waals surface area contributed by atoms with Crippen LogP contribution in [-0.4, -0.2) is 18.1 Å². The molecule has 0 aliphatic rings. The molecule has 4 nitrogen and oxygen atoms in total. The average Bonchev–Trinajstić information content (AvgIpc) is 2.78. The summed E-state index contributed by atoms with van der Waals surface area (Å²) in [5, 5.41) is 3.81. The molecule has 0 spiro atoms. The van der Waals surface area contributed by atoms with Crippen molar-refractivity contribution in [3.8, 4) is 5.75 Å². The van der Waals surface area contributed by atoms with Crippen LogP contribution in [0.2, 0.25) is 0 Å². The quantitative estimate of drug-likeness (QED) is 0.860. The summed E-state index contributed by atoms with van der Waals surface area (Å²) in [6.07, 6.45) is 0.907. The van der Waals surface area contributed by atoms with Crippen molar-refractivity contribution in [2.45, 2.75) is 46.3 Å². The number of rotatable bonds is 5. The van der Waals surface area contributed by atoms with Gasteiger partial charge >= 0.3 is 0 Å². The van der Waals surface area contributed by atoms with E-state index < -0.39 is 0 Å². The van der Waals surface area contributed by atoms with Gasteiger partial charge in [-0.2, -0.15) is 0 Å². The van der Waals surface area contributed by atoms with Crippen molar-refractivity contribution in [1.82, 2.24) is 5.32 Å². The maximum atomic E-state index is 12.3. The highest BCUT2D eigenvalue weighted by molar-refractivity contribution is 9.10. The summed E-state index contributed by atoms with van der Waals surface area (Å²) < 4.78 is 12.0. The summed E-state index contributed by atoms with van der Waals surface area (Å²) in [5.41, 5.74) is 1.18. The van der Waals surface area contributed by atoms with E-state index in [4.69, 9.17) is 9.15 Å². The van der Waals surface area contributed by atoms with Crippen molar-refractivity contribution in [3.63, 3.8) is 0 Å². The molecule has 0 aliphatic carbocycles. The van der Waals surface area contributed by atoms with Gasteiger partial charge in [0, 0.05) is 17.7 Å². The highest BCUT2D eigenvalue weighted by atomic mass is 79.9. The summed E-state index contributed by atoms with van der Waals surface area (Å²) in [4.78, 5) is 12.3. The molecule has 0 saturated heterocycles. The Morgan fingerprint density at radius 3 is 2.67 bits per heavy atom. The molecule has 1 heterocycles. The molecule has 1 aromatic carbocycles. The van der Waals surface area contributed by atoms with Gasteiger partial charge in [-0.25, -0.2) is 0 Å². The Kier molecular flexibility index (Phi) is 4.93. The molecule has 1 unspecified atom stereocenters. The molecular weight excluding hydrogens is 334 g/mol. The number of furan rings is 1. The van der Waals surface area contributed by atoms with Gasteiger partial charge in [0.15, 0.2) is 4.67 Å². The van der Waals surface area contributed by atoms with Gasteiger partial charge in [-0.15, -0.1) is 0 Å². The Morgan fingerprint density at radius 2 is 2.05 bits per heavy atom. The number of ether oxygens (including phenoxy) is 1. The van der Waals surface area contributed by atoms with E-state index in [-0.39, 0.29) is 18.1 Å². The number of fused-ring (bicyclic) bond motifs is 1. The molecule has 1 N–H and O–H groups in total. The van der Waals surface area contributed by atoms with Gasteiger partial charge in [0.25, 0.3) is 5.91 Å². The first-order valence-electron chi connectivity index (χ1n) is 7.11. The Hall–Kier alpha value is -1.49. The lowest BCUT2D eigenvalue weighted by molar-refractivity contribution is 0.0938. The topological polar surface area (TPSA) is 51.5 Å². The second-order valence-electron chi connectivity index (χ2n) is 5.39. The van der Waals surface area contributed by atoms with Gasteiger partial charge < -0.3 is 14.5 Å². The number of halogens is 1. The normalized spacial score (nSPS) is 12.7. The predicted octanol–water partition coefficient (Wildman–Crippen LogP) is 4.51. The standard InChI is InChI=1S/C16H20BrNO3/c1-5-10(4)18-16(19)11-6-13(20-9(2)3)12-8-15(17)21-14(12)7-11/h6-10H,5H2,1-4H3,(H,18,19). The van der Waals surface area contributed by atoms with Crippen molar-refractivity contribution in [3.05, 3.63) is 28.4 Å². The summed E-state index contributed by atoms with van der Waals surface area (Å²) in [6.45, 7) is 7.91. The molecule has 5 heteroatoms. The highest BCUT2D eigenvalue weighted by Crippen LogP contribution is 2.33. The van der Waals surface area contributed by atoms with Crippen molar-refractivity contribution in [1.29, 1.82) is 0 Å². The van der Waals surface area contributed by atoms with Crippen LogP contribution in [0, 0.1) is 0 Å². The van der Waals surface area contributed by atoms with E-state index in [0.717, 1.165) is 11.8 Å². The van der Waals surface area contributed by atoms with Crippen LogP contribution in [-0.2, 0) is 0 Å². The molecule has 0 radical (unpaired) electrons. The number of benzene rings is 1. The Balaban J connectivity index is 2.42. The van der Waals surface area contributed by atoms with E-state index in [1.165, 1.54) is 0 Å². The molecular formula is C16H20BrNO3. The summed E-state index contributed by atoms with van der Waals surface area (Å²) >= 11 is 3.32. The monoisotopic (exact) mass is 353 g/mol. The van der Waals surface area contributed by atoms with Crippen LogP contribution >= 0.6 is 15.9 Å². The second-order valence-corrected chi connectivity index (χ2v) is 6.17. The lowest BCUT2D eigenvalue weighted by atomic mass is 10.1. The van der Waals surface area contributed by atoms with Gasteiger partial charge in [0.1, 0.15) is 11.3 Å². The second kappa shape index (κ2) is 6.52. The molecule has 0 aliphatic heterocycles. The number of hydrogen-bond donors (Lipinski definition) is 1. The van der Waals surface area contributed by atoms with Crippen LogP contribution in [0.4, 0.5) is 0 Å². The molecule has 0 saturated carbocycles. The summed E-state index contributed by atoms with van der Waals surface area (Å²) in [7, 11) is 0. The molecule has 0 fully saturated rings. The van der Waals surface area contributed by atoms with E-state index in [2.05, 4.69) is 21.2 Å². The molecule has 1 amide bonds. The minimum Gasteiger partial charge on any atom is -0.490 e. The number of hydrogen-bond acceptors (Lipinski definition) is 3.